The monoisotopic (exact) mass is 385 g/mol. The molecule has 8 heteroatoms. The van der Waals surface area contributed by atoms with Crippen molar-refractivity contribution in [3.05, 3.63) is 53.8 Å². The van der Waals surface area contributed by atoms with E-state index in [1.165, 1.54) is 42.5 Å². The molecule has 0 aromatic heterocycles. The van der Waals surface area contributed by atoms with Crippen LogP contribution in [0.2, 0.25) is 0 Å². The van der Waals surface area contributed by atoms with Crippen molar-refractivity contribution in [1.29, 1.82) is 0 Å². The lowest BCUT2D eigenvalue weighted by atomic mass is 10.1. The van der Waals surface area contributed by atoms with Crippen molar-refractivity contribution in [3.63, 3.8) is 0 Å². The molecule has 0 bridgehead atoms. The van der Waals surface area contributed by atoms with Crippen LogP contribution in [0.25, 0.3) is 0 Å². The number of carbonyl (C=O) groups is 2. The maximum absolute atomic E-state index is 13.1. The largest absolute Gasteiger partial charge is 0.497 e. The molecule has 3 rings (SSSR count). The van der Waals surface area contributed by atoms with E-state index in [1.807, 2.05) is 0 Å². The summed E-state index contributed by atoms with van der Waals surface area (Å²) in [6, 6.07) is 10.8. The van der Waals surface area contributed by atoms with Crippen LogP contribution in [0, 0.1) is 11.7 Å². The Morgan fingerprint density at radius 1 is 1.21 bits per heavy atom. The smallest absolute Gasteiger partial charge is 0.245 e. The second-order valence-corrected chi connectivity index (χ2v) is 6.22. The van der Waals surface area contributed by atoms with Gasteiger partial charge in [-0.3, -0.25) is 9.59 Å². The second kappa shape index (κ2) is 8.51. The predicted molar refractivity (Wildman–Crippen MR) is 102 cm³/mol. The van der Waals surface area contributed by atoms with E-state index < -0.39 is 5.92 Å². The lowest BCUT2D eigenvalue weighted by molar-refractivity contribution is -0.126. The zero-order valence-corrected chi connectivity index (χ0v) is 15.5. The predicted octanol–water partition coefficient (Wildman–Crippen LogP) is 2.35. The van der Waals surface area contributed by atoms with E-state index in [0.29, 0.717) is 22.7 Å². The van der Waals surface area contributed by atoms with Gasteiger partial charge in [0.1, 0.15) is 17.3 Å². The Hall–Kier alpha value is -3.42. The Morgan fingerprint density at radius 2 is 1.96 bits per heavy atom. The minimum Gasteiger partial charge on any atom is -0.497 e. The Labute approximate surface area is 161 Å². The molecule has 28 heavy (non-hydrogen) atoms. The molecule has 0 saturated carbocycles. The number of anilines is 1. The molecule has 1 N–H and O–H groups in total. The van der Waals surface area contributed by atoms with Crippen molar-refractivity contribution in [2.45, 2.75) is 6.42 Å². The number of rotatable bonds is 6. The fourth-order valence-corrected chi connectivity index (χ4v) is 2.94. The SMILES string of the molecule is COc1ccc(/C=N\NC(=O)[C@@H]2CC(=O)N(c3ccc(F)cc3)C2)c(OC)c1. The van der Waals surface area contributed by atoms with E-state index in [9.17, 15) is 14.0 Å². The standard InChI is InChI=1S/C20H20FN3O4/c1-27-17-8-3-13(18(10-17)28-2)11-22-23-20(26)14-9-19(25)24(12-14)16-6-4-15(21)5-7-16/h3-8,10-11,14H,9,12H2,1-2H3,(H,23,26)/b22-11-/t14-/m1/s1. The van der Waals surface area contributed by atoms with Crippen molar-refractivity contribution in [2.75, 3.05) is 25.7 Å². The van der Waals surface area contributed by atoms with Crippen LogP contribution in [0.4, 0.5) is 10.1 Å². The average Bonchev–Trinajstić information content (AvgIpc) is 3.10. The van der Waals surface area contributed by atoms with Crippen molar-refractivity contribution in [2.24, 2.45) is 11.0 Å². The molecule has 0 unspecified atom stereocenters. The first-order valence-electron chi connectivity index (χ1n) is 8.62. The van der Waals surface area contributed by atoms with Crippen LogP contribution in [0.15, 0.2) is 47.6 Å². The van der Waals surface area contributed by atoms with Crippen molar-refractivity contribution in [3.8, 4) is 11.5 Å². The summed E-state index contributed by atoms with van der Waals surface area (Å²) < 4.78 is 23.5. The molecule has 0 radical (unpaired) electrons. The van der Waals surface area contributed by atoms with Gasteiger partial charge >= 0.3 is 0 Å². The second-order valence-electron chi connectivity index (χ2n) is 6.22. The molecular weight excluding hydrogens is 365 g/mol. The summed E-state index contributed by atoms with van der Waals surface area (Å²) in [6.07, 6.45) is 1.54. The van der Waals surface area contributed by atoms with Gasteiger partial charge in [-0.05, 0) is 36.4 Å². The molecule has 146 valence electrons. The topological polar surface area (TPSA) is 80.2 Å². The number of hydrazone groups is 1. The summed E-state index contributed by atoms with van der Waals surface area (Å²) >= 11 is 0. The average molecular weight is 385 g/mol. The normalized spacial score (nSPS) is 16.5. The number of nitrogens with one attached hydrogen (secondary N) is 1. The Morgan fingerprint density at radius 3 is 2.64 bits per heavy atom. The zero-order valence-electron chi connectivity index (χ0n) is 15.5. The van der Waals surface area contributed by atoms with Gasteiger partial charge in [-0.25, -0.2) is 9.82 Å². The number of halogens is 1. The van der Waals surface area contributed by atoms with E-state index in [0.717, 1.165) is 0 Å². The minimum atomic E-state index is -0.535. The Kier molecular flexibility index (Phi) is 5.88. The molecule has 2 aromatic carbocycles. The molecule has 2 aromatic rings. The quantitative estimate of drug-likeness (QED) is 0.611. The fourth-order valence-electron chi connectivity index (χ4n) is 2.94. The van der Waals surface area contributed by atoms with Gasteiger partial charge in [0.2, 0.25) is 11.8 Å². The molecule has 1 atom stereocenters. The number of amides is 2. The summed E-state index contributed by atoms with van der Waals surface area (Å²) in [4.78, 5) is 26.0. The van der Waals surface area contributed by atoms with Crippen LogP contribution in [0.1, 0.15) is 12.0 Å². The summed E-state index contributed by atoms with van der Waals surface area (Å²) in [5.74, 6) is -0.269. The number of nitrogens with zero attached hydrogens (tertiary/aromatic N) is 2. The summed E-state index contributed by atoms with van der Waals surface area (Å²) in [5, 5.41) is 3.96. The zero-order chi connectivity index (χ0) is 20.1. The van der Waals surface area contributed by atoms with Gasteiger partial charge in [-0.2, -0.15) is 5.10 Å². The third-order valence-corrected chi connectivity index (χ3v) is 4.45. The summed E-state index contributed by atoms with van der Waals surface area (Å²) in [5.41, 5.74) is 3.69. The van der Waals surface area contributed by atoms with Crippen molar-refractivity contribution < 1.29 is 23.5 Å². The molecule has 1 saturated heterocycles. The van der Waals surface area contributed by atoms with Crippen molar-refractivity contribution >= 4 is 23.7 Å². The van der Waals surface area contributed by atoms with Crippen LogP contribution in [0.3, 0.4) is 0 Å². The summed E-state index contributed by atoms with van der Waals surface area (Å²) in [7, 11) is 3.08. The first-order valence-corrected chi connectivity index (χ1v) is 8.62. The molecule has 0 spiro atoms. The fraction of sp³-hybridized carbons (Fsp3) is 0.250. The van der Waals surface area contributed by atoms with Gasteiger partial charge in [0.05, 0.1) is 26.4 Å². The first kappa shape index (κ1) is 19.3. The number of benzene rings is 2. The van der Waals surface area contributed by atoms with Crippen LogP contribution in [0.5, 0.6) is 11.5 Å². The number of carbonyl (C=O) groups excluding carboxylic acids is 2. The van der Waals surface area contributed by atoms with E-state index in [2.05, 4.69) is 10.5 Å². The van der Waals surface area contributed by atoms with E-state index >= 15 is 0 Å². The van der Waals surface area contributed by atoms with Crippen LogP contribution >= 0.6 is 0 Å². The molecular formula is C20H20FN3O4. The Bertz CT molecular complexity index is 899. The molecule has 7 nitrogen and oxygen atoms in total. The lowest BCUT2D eigenvalue weighted by Gasteiger charge is -2.16. The van der Waals surface area contributed by atoms with Gasteiger partial charge in [-0.15, -0.1) is 0 Å². The highest BCUT2D eigenvalue weighted by molar-refractivity contribution is 6.00. The highest BCUT2D eigenvalue weighted by Crippen LogP contribution is 2.26. The van der Waals surface area contributed by atoms with Gasteiger partial charge in [0.15, 0.2) is 0 Å². The van der Waals surface area contributed by atoms with E-state index in [-0.39, 0.29) is 30.6 Å². The van der Waals surface area contributed by atoms with Gasteiger partial charge in [0.25, 0.3) is 0 Å². The van der Waals surface area contributed by atoms with Gasteiger partial charge in [-0.1, -0.05) is 0 Å². The number of methoxy groups -OCH3 is 2. The molecule has 2 amide bonds. The highest BCUT2D eigenvalue weighted by atomic mass is 19.1. The molecule has 1 aliphatic rings. The molecule has 1 aliphatic heterocycles. The van der Waals surface area contributed by atoms with Crippen LogP contribution in [-0.2, 0) is 9.59 Å². The molecule has 1 heterocycles. The van der Waals surface area contributed by atoms with Crippen LogP contribution in [-0.4, -0.2) is 38.8 Å². The van der Waals surface area contributed by atoms with Gasteiger partial charge in [0, 0.05) is 30.3 Å². The third kappa shape index (κ3) is 4.28. The van der Waals surface area contributed by atoms with Gasteiger partial charge < -0.3 is 14.4 Å². The van der Waals surface area contributed by atoms with Crippen molar-refractivity contribution in [1.82, 2.24) is 5.43 Å². The Balaban J connectivity index is 1.62. The maximum atomic E-state index is 13.1. The molecule has 1 fully saturated rings. The molecule has 0 aliphatic carbocycles. The number of hydrogen-bond acceptors (Lipinski definition) is 5. The first-order chi connectivity index (χ1) is 13.5. The lowest BCUT2D eigenvalue weighted by Crippen LogP contribution is -2.30. The number of ether oxygens (including phenoxy) is 2. The number of hydrogen-bond donors (Lipinski definition) is 1. The van der Waals surface area contributed by atoms with E-state index in [1.54, 1.807) is 25.3 Å². The maximum Gasteiger partial charge on any atom is 0.245 e. The minimum absolute atomic E-state index is 0.0740. The summed E-state index contributed by atoms with van der Waals surface area (Å²) in [6.45, 7) is 0.220. The van der Waals surface area contributed by atoms with Crippen LogP contribution < -0.4 is 19.8 Å². The highest BCUT2D eigenvalue weighted by Gasteiger charge is 2.35. The third-order valence-electron chi connectivity index (χ3n) is 4.45. The van der Waals surface area contributed by atoms with E-state index in [4.69, 9.17) is 9.47 Å².